The van der Waals surface area contributed by atoms with E-state index in [-0.39, 0.29) is 37.7 Å². The second-order valence-electron chi connectivity index (χ2n) is 10.3. The van der Waals surface area contributed by atoms with E-state index in [0.29, 0.717) is 23.7 Å². The molecule has 3 rings (SSSR count). The summed E-state index contributed by atoms with van der Waals surface area (Å²) in [6.45, 7) is 4.99. The van der Waals surface area contributed by atoms with Gasteiger partial charge in [0.1, 0.15) is 6.04 Å². The van der Waals surface area contributed by atoms with Crippen LogP contribution in [-0.2, 0) is 32.6 Å². The van der Waals surface area contributed by atoms with Crippen molar-refractivity contribution in [2.75, 3.05) is 23.7 Å². The molecule has 0 bridgehead atoms. The van der Waals surface area contributed by atoms with Crippen LogP contribution in [-0.4, -0.2) is 50.5 Å². The van der Waals surface area contributed by atoms with Gasteiger partial charge in [0.05, 0.1) is 11.9 Å². The van der Waals surface area contributed by atoms with Crippen molar-refractivity contribution < 1.29 is 18.0 Å². The fourth-order valence-electron chi connectivity index (χ4n) is 4.56. The second kappa shape index (κ2) is 15.6. The summed E-state index contributed by atoms with van der Waals surface area (Å²) in [6, 6.07) is 23.4. The van der Waals surface area contributed by atoms with Gasteiger partial charge in [-0.1, -0.05) is 85.1 Å². The number of hydrogen-bond donors (Lipinski definition) is 1. The van der Waals surface area contributed by atoms with Crippen molar-refractivity contribution in [1.82, 2.24) is 10.2 Å². The number of halogens is 1. The van der Waals surface area contributed by atoms with E-state index in [4.69, 9.17) is 11.6 Å². The largest absolute Gasteiger partial charge is 0.354 e. The van der Waals surface area contributed by atoms with E-state index in [1.165, 1.54) is 4.31 Å². The Morgan fingerprint density at radius 2 is 1.56 bits per heavy atom. The first kappa shape index (κ1) is 32.2. The first-order chi connectivity index (χ1) is 19.6. The predicted octanol–water partition coefficient (Wildman–Crippen LogP) is 5.75. The summed E-state index contributed by atoms with van der Waals surface area (Å²) in [5.74, 6) is -0.400. The third kappa shape index (κ3) is 10.2. The van der Waals surface area contributed by atoms with Gasteiger partial charge in [-0.3, -0.25) is 13.9 Å². The summed E-state index contributed by atoms with van der Waals surface area (Å²) in [5, 5.41) is 3.53. The van der Waals surface area contributed by atoms with E-state index in [2.05, 4.69) is 12.2 Å². The average molecular weight is 598 g/mol. The Balaban J connectivity index is 1.86. The van der Waals surface area contributed by atoms with Crippen LogP contribution in [0.1, 0.15) is 49.3 Å². The van der Waals surface area contributed by atoms with E-state index in [1.807, 2.05) is 61.5 Å². The van der Waals surface area contributed by atoms with E-state index in [9.17, 15) is 18.0 Å². The monoisotopic (exact) mass is 597 g/mol. The first-order valence-electron chi connectivity index (χ1n) is 14.0. The van der Waals surface area contributed by atoms with E-state index in [0.717, 1.165) is 35.8 Å². The minimum Gasteiger partial charge on any atom is -0.354 e. The molecule has 0 saturated heterocycles. The van der Waals surface area contributed by atoms with Crippen LogP contribution in [0.2, 0.25) is 5.02 Å². The van der Waals surface area contributed by atoms with Crippen LogP contribution in [0.15, 0.2) is 78.9 Å². The number of benzene rings is 3. The SMILES string of the molecule is CCCCNC(=O)C(Cc1ccccc1)N(Cc1ccc(C)cc1)C(=O)CCCN(c1ccc(Cl)cc1)S(C)(=O)=O. The summed E-state index contributed by atoms with van der Waals surface area (Å²) >= 11 is 5.99. The molecule has 0 aromatic heterocycles. The third-order valence-electron chi connectivity index (χ3n) is 6.84. The molecule has 1 atom stereocenters. The number of nitrogens with zero attached hydrogens (tertiary/aromatic N) is 2. The van der Waals surface area contributed by atoms with Gasteiger partial charge in [-0.25, -0.2) is 8.42 Å². The van der Waals surface area contributed by atoms with Crippen LogP contribution < -0.4 is 9.62 Å². The lowest BCUT2D eigenvalue weighted by atomic mass is 10.0. The van der Waals surface area contributed by atoms with Crippen molar-refractivity contribution in [2.45, 2.75) is 58.5 Å². The van der Waals surface area contributed by atoms with E-state index >= 15 is 0 Å². The molecule has 0 radical (unpaired) electrons. The van der Waals surface area contributed by atoms with Crippen LogP contribution in [0.4, 0.5) is 5.69 Å². The topological polar surface area (TPSA) is 86.8 Å². The number of anilines is 1. The summed E-state index contributed by atoms with van der Waals surface area (Å²) < 4.78 is 26.4. The highest BCUT2D eigenvalue weighted by Gasteiger charge is 2.30. The molecule has 7 nitrogen and oxygen atoms in total. The maximum Gasteiger partial charge on any atom is 0.243 e. The molecule has 1 unspecified atom stereocenters. The van der Waals surface area contributed by atoms with Crippen LogP contribution in [0.5, 0.6) is 0 Å². The first-order valence-corrected chi connectivity index (χ1v) is 16.2. The molecule has 220 valence electrons. The number of carbonyl (C=O) groups excluding carboxylic acids is 2. The number of sulfonamides is 1. The molecule has 0 heterocycles. The summed E-state index contributed by atoms with van der Waals surface area (Å²) in [6.07, 6.45) is 3.68. The lowest BCUT2D eigenvalue weighted by Gasteiger charge is -2.32. The number of hydrogen-bond acceptors (Lipinski definition) is 4. The number of carbonyl (C=O) groups is 2. The Kier molecular flexibility index (Phi) is 12.2. The van der Waals surface area contributed by atoms with Gasteiger partial charge in [-0.2, -0.15) is 0 Å². The molecule has 0 aliphatic heterocycles. The zero-order chi connectivity index (χ0) is 29.8. The standard InChI is InChI=1S/C32H40ClN3O4S/c1-4-5-21-34-32(38)30(23-26-10-7-6-8-11-26)35(24-27-15-13-25(2)14-16-27)31(37)12-9-22-36(41(3,39)40)29-19-17-28(33)18-20-29/h6-8,10-11,13-20,30H,4-5,9,12,21-24H2,1-3H3,(H,34,38). The van der Waals surface area contributed by atoms with Crippen molar-refractivity contribution in [2.24, 2.45) is 0 Å². The lowest BCUT2D eigenvalue weighted by molar-refractivity contribution is -0.141. The third-order valence-corrected chi connectivity index (χ3v) is 8.29. The summed E-state index contributed by atoms with van der Waals surface area (Å²) in [7, 11) is -3.58. The number of aryl methyl sites for hydroxylation is 1. The Hall–Kier alpha value is -3.36. The van der Waals surface area contributed by atoms with E-state index in [1.54, 1.807) is 29.2 Å². The molecule has 0 saturated carbocycles. The summed E-state index contributed by atoms with van der Waals surface area (Å²) in [4.78, 5) is 29.0. The molecule has 1 N–H and O–H groups in total. The van der Waals surface area contributed by atoms with Crippen molar-refractivity contribution in [3.8, 4) is 0 Å². The van der Waals surface area contributed by atoms with Gasteiger partial charge in [-0.15, -0.1) is 0 Å². The molecule has 2 amide bonds. The van der Waals surface area contributed by atoms with E-state index < -0.39 is 16.1 Å². The van der Waals surface area contributed by atoms with Gasteiger partial charge < -0.3 is 10.2 Å². The highest BCUT2D eigenvalue weighted by molar-refractivity contribution is 7.92. The fraction of sp³-hybridized carbons (Fsp3) is 0.375. The van der Waals surface area contributed by atoms with Gasteiger partial charge in [-0.05, 0) is 55.2 Å². The Bertz CT molecular complexity index is 1360. The van der Waals surface area contributed by atoms with Gasteiger partial charge in [0, 0.05) is 37.5 Å². The molecule has 0 aliphatic carbocycles. The minimum absolute atomic E-state index is 0.0823. The molecule has 3 aromatic carbocycles. The highest BCUT2D eigenvalue weighted by atomic mass is 35.5. The van der Waals surface area contributed by atoms with Gasteiger partial charge >= 0.3 is 0 Å². The van der Waals surface area contributed by atoms with Gasteiger partial charge in [0.25, 0.3) is 0 Å². The molecular formula is C32H40ClN3O4S. The average Bonchev–Trinajstić information content (AvgIpc) is 2.94. The molecule has 9 heteroatoms. The number of amides is 2. The maximum absolute atomic E-state index is 13.9. The Morgan fingerprint density at radius 3 is 2.17 bits per heavy atom. The van der Waals surface area contributed by atoms with Crippen LogP contribution in [0.25, 0.3) is 0 Å². The number of rotatable bonds is 15. The maximum atomic E-state index is 13.9. The molecule has 3 aromatic rings. The van der Waals surface area contributed by atoms with Crippen molar-refractivity contribution in [3.05, 3.63) is 101 Å². The Labute approximate surface area is 249 Å². The number of unbranched alkanes of at least 4 members (excludes halogenated alkanes) is 1. The molecule has 41 heavy (non-hydrogen) atoms. The lowest BCUT2D eigenvalue weighted by Crippen LogP contribution is -2.50. The quantitative estimate of drug-likeness (QED) is 0.226. The number of nitrogens with one attached hydrogen (secondary N) is 1. The highest BCUT2D eigenvalue weighted by Crippen LogP contribution is 2.22. The molecule has 0 spiro atoms. The zero-order valence-electron chi connectivity index (χ0n) is 24.1. The fourth-order valence-corrected chi connectivity index (χ4v) is 5.65. The van der Waals surface area contributed by atoms with Crippen LogP contribution >= 0.6 is 11.6 Å². The van der Waals surface area contributed by atoms with Gasteiger partial charge in [0.15, 0.2) is 0 Å². The van der Waals surface area contributed by atoms with Crippen molar-refractivity contribution in [3.63, 3.8) is 0 Å². The van der Waals surface area contributed by atoms with Crippen LogP contribution in [0.3, 0.4) is 0 Å². The van der Waals surface area contributed by atoms with Crippen molar-refractivity contribution >= 4 is 39.1 Å². The Morgan fingerprint density at radius 1 is 0.902 bits per heavy atom. The molecule has 0 fully saturated rings. The molecule has 0 aliphatic rings. The van der Waals surface area contributed by atoms with Crippen molar-refractivity contribution in [1.29, 1.82) is 0 Å². The predicted molar refractivity (Wildman–Crippen MR) is 166 cm³/mol. The van der Waals surface area contributed by atoms with Crippen LogP contribution in [0, 0.1) is 6.92 Å². The van der Waals surface area contributed by atoms with Gasteiger partial charge in [0.2, 0.25) is 21.8 Å². The second-order valence-corrected chi connectivity index (χ2v) is 12.6. The smallest absolute Gasteiger partial charge is 0.243 e. The zero-order valence-corrected chi connectivity index (χ0v) is 25.6. The summed E-state index contributed by atoms with van der Waals surface area (Å²) in [5.41, 5.74) is 3.46. The minimum atomic E-state index is -3.58. The normalized spacial score (nSPS) is 12.0. The molecular weight excluding hydrogens is 558 g/mol.